The number of sulfonamides is 1. The van der Waals surface area contributed by atoms with Crippen molar-refractivity contribution >= 4 is 27.5 Å². The number of aliphatic hydroxyl groups is 1. The van der Waals surface area contributed by atoms with Crippen LogP contribution in [0.25, 0.3) is 0 Å². The second-order valence-electron chi connectivity index (χ2n) is 12.2. The zero-order valence-electron chi connectivity index (χ0n) is 27.6. The fraction of sp³-hybridized carbons (Fsp3) is 0.645. The third kappa shape index (κ3) is 10.6. The number of amides is 2. The van der Waals surface area contributed by atoms with E-state index < -0.39 is 65.5 Å². The van der Waals surface area contributed by atoms with Crippen LogP contribution in [0.2, 0.25) is 0 Å². The average Bonchev–Trinajstić information content (AvgIpc) is 3.34. The van der Waals surface area contributed by atoms with Crippen LogP contribution in [0.1, 0.15) is 74.7 Å². The SMILES string of the molecule is Cc1noc(C)c1S(=O)(=O)Nc1ccc2c(c1)C(=O)N([C@@H](C)CO)C[C@@H](C)[C@H](CN(C)C(=O)CCC(F)(F)F)OCCCC[C@@H](C)O2. The van der Waals surface area contributed by atoms with E-state index in [1.165, 1.54) is 48.9 Å². The van der Waals surface area contributed by atoms with Crippen LogP contribution in [-0.4, -0.2) is 98.1 Å². The van der Waals surface area contributed by atoms with Gasteiger partial charge in [0.2, 0.25) is 5.91 Å². The lowest BCUT2D eigenvalue weighted by atomic mass is 10.0. The van der Waals surface area contributed by atoms with Crippen LogP contribution < -0.4 is 9.46 Å². The molecule has 0 saturated carbocycles. The number of nitrogens with zero attached hydrogens (tertiary/aromatic N) is 3. The largest absolute Gasteiger partial charge is 0.490 e. The van der Waals surface area contributed by atoms with E-state index in [1.807, 2.05) is 6.92 Å². The van der Waals surface area contributed by atoms with E-state index in [0.717, 1.165) is 0 Å². The lowest BCUT2D eigenvalue weighted by Gasteiger charge is -2.36. The van der Waals surface area contributed by atoms with Crippen LogP contribution in [0.5, 0.6) is 5.75 Å². The van der Waals surface area contributed by atoms with Crippen LogP contribution >= 0.6 is 0 Å². The summed E-state index contributed by atoms with van der Waals surface area (Å²) in [6, 6.07) is 3.67. The molecule has 47 heavy (non-hydrogen) atoms. The zero-order chi connectivity index (χ0) is 35.1. The topological polar surface area (TPSA) is 152 Å². The molecule has 1 aromatic heterocycles. The molecule has 2 amide bonds. The lowest BCUT2D eigenvalue weighted by Crippen LogP contribution is -2.48. The van der Waals surface area contributed by atoms with Gasteiger partial charge in [-0.25, -0.2) is 8.42 Å². The van der Waals surface area contributed by atoms with Gasteiger partial charge < -0.3 is 28.9 Å². The number of carbonyl (C=O) groups is 2. The number of benzene rings is 1. The number of aryl methyl sites for hydroxylation is 2. The van der Waals surface area contributed by atoms with Gasteiger partial charge in [0.15, 0.2) is 10.7 Å². The number of nitrogens with one attached hydrogen (secondary N) is 1. The number of likely N-dealkylation sites (N-methyl/N-ethyl adjacent to an activating group) is 1. The van der Waals surface area contributed by atoms with E-state index in [2.05, 4.69) is 9.88 Å². The number of aromatic nitrogens is 1. The first-order valence-corrected chi connectivity index (χ1v) is 17.0. The second-order valence-corrected chi connectivity index (χ2v) is 13.8. The Morgan fingerprint density at radius 2 is 1.94 bits per heavy atom. The van der Waals surface area contributed by atoms with Crippen molar-refractivity contribution in [3.05, 3.63) is 35.2 Å². The van der Waals surface area contributed by atoms with Crippen molar-refractivity contribution in [2.45, 2.75) is 96.0 Å². The normalized spacial score (nSPS) is 20.9. The first kappa shape index (κ1) is 38.1. The fourth-order valence-corrected chi connectivity index (χ4v) is 6.71. The van der Waals surface area contributed by atoms with Gasteiger partial charge in [0.1, 0.15) is 11.4 Å². The molecular formula is C31H45F3N4O8S. The number of fused-ring (bicyclic) bond motifs is 1. The molecule has 4 atom stereocenters. The number of rotatable bonds is 9. The van der Waals surface area contributed by atoms with Gasteiger partial charge in [0, 0.05) is 44.8 Å². The van der Waals surface area contributed by atoms with E-state index in [4.69, 9.17) is 14.0 Å². The maximum absolute atomic E-state index is 14.3. The van der Waals surface area contributed by atoms with E-state index in [1.54, 1.807) is 13.8 Å². The summed E-state index contributed by atoms with van der Waals surface area (Å²) in [6.45, 7) is 8.21. The minimum atomic E-state index is -4.46. The second kappa shape index (κ2) is 16.2. The van der Waals surface area contributed by atoms with Crippen LogP contribution in [-0.2, 0) is 19.6 Å². The number of carbonyl (C=O) groups excluding carboxylic acids is 2. The average molecular weight is 691 g/mol. The molecule has 0 aliphatic carbocycles. The Labute approximate surface area is 273 Å². The quantitative estimate of drug-likeness (QED) is 0.382. The third-order valence-electron chi connectivity index (χ3n) is 8.04. The highest BCUT2D eigenvalue weighted by atomic mass is 32.2. The van der Waals surface area contributed by atoms with Gasteiger partial charge in [-0.15, -0.1) is 0 Å². The maximum atomic E-state index is 14.3. The van der Waals surface area contributed by atoms with Crippen molar-refractivity contribution in [2.75, 3.05) is 38.1 Å². The van der Waals surface area contributed by atoms with Gasteiger partial charge in [0.25, 0.3) is 15.9 Å². The summed E-state index contributed by atoms with van der Waals surface area (Å²) >= 11 is 0. The Morgan fingerprint density at radius 1 is 1.23 bits per heavy atom. The fourth-order valence-electron chi connectivity index (χ4n) is 5.32. The van der Waals surface area contributed by atoms with Crippen LogP contribution in [0.15, 0.2) is 27.6 Å². The Kier molecular flexibility index (Phi) is 13.1. The number of hydrogen-bond acceptors (Lipinski definition) is 9. The first-order chi connectivity index (χ1) is 21.9. The summed E-state index contributed by atoms with van der Waals surface area (Å²) in [4.78, 5) is 29.3. The van der Waals surface area contributed by atoms with Crippen molar-refractivity contribution in [2.24, 2.45) is 5.92 Å². The molecule has 0 spiro atoms. The van der Waals surface area contributed by atoms with Gasteiger partial charge in [-0.3, -0.25) is 14.3 Å². The summed E-state index contributed by atoms with van der Waals surface area (Å²) in [5.41, 5.74) is 0.305. The number of aliphatic hydroxyl groups excluding tert-OH is 1. The molecule has 1 aromatic carbocycles. The summed E-state index contributed by atoms with van der Waals surface area (Å²) in [6.07, 6.45) is -5.40. The molecule has 0 fully saturated rings. The molecule has 0 bridgehead atoms. The predicted molar refractivity (Wildman–Crippen MR) is 167 cm³/mol. The maximum Gasteiger partial charge on any atom is 0.389 e. The highest BCUT2D eigenvalue weighted by Gasteiger charge is 2.33. The minimum Gasteiger partial charge on any atom is -0.490 e. The van der Waals surface area contributed by atoms with Gasteiger partial charge in [0.05, 0.1) is 36.8 Å². The third-order valence-corrected chi connectivity index (χ3v) is 9.67. The van der Waals surface area contributed by atoms with Gasteiger partial charge in [-0.05, 0) is 65.2 Å². The minimum absolute atomic E-state index is 0.00285. The van der Waals surface area contributed by atoms with Crippen LogP contribution in [0, 0.1) is 19.8 Å². The molecule has 1 aliphatic rings. The van der Waals surface area contributed by atoms with E-state index >= 15 is 0 Å². The van der Waals surface area contributed by atoms with Gasteiger partial charge >= 0.3 is 6.18 Å². The van der Waals surface area contributed by atoms with E-state index in [-0.39, 0.29) is 52.5 Å². The molecule has 0 radical (unpaired) electrons. The number of alkyl halides is 3. The van der Waals surface area contributed by atoms with Crippen molar-refractivity contribution in [1.82, 2.24) is 15.0 Å². The molecule has 2 heterocycles. The van der Waals surface area contributed by atoms with E-state index in [9.17, 15) is 36.3 Å². The van der Waals surface area contributed by atoms with Gasteiger partial charge in [-0.1, -0.05) is 12.1 Å². The number of anilines is 1. The highest BCUT2D eigenvalue weighted by molar-refractivity contribution is 7.92. The highest BCUT2D eigenvalue weighted by Crippen LogP contribution is 2.30. The number of halogens is 3. The summed E-state index contributed by atoms with van der Waals surface area (Å²) in [5, 5.41) is 13.8. The Balaban J connectivity index is 1.97. The number of hydrogen-bond donors (Lipinski definition) is 2. The molecule has 16 heteroatoms. The standard InChI is InChI=1S/C31H45F3N4O8S/c1-19-16-38(20(2)18-39)30(41)25-15-24(36-47(42,43)29-22(4)35-46-23(29)5)10-11-26(25)45-21(3)9-7-8-14-44-27(19)17-37(6)28(40)12-13-31(32,33)34/h10-11,15,19-21,27,36,39H,7-9,12-14,16-18H2,1-6H3/t19-,20+,21-,27+/m1/s1. The number of ether oxygens (including phenoxy) is 2. The molecule has 3 rings (SSSR count). The molecular weight excluding hydrogens is 645 g/mol. The Bertz CT molecular complexity index is 1460. The Morgan fingerprint density at radius 3 is 2.55 bits per heavy atom. The molecule has 264 valence electrons. The lowest BCUT2D eigenvalue weighted by molar-refractivity contribution is -0.149. The van der Waals surface area contributed by atoms with Crippen molar-refractivity contribution < 1.29 is 50.3 Å². The van der Waals surface area contributed by atoms with Crippen molar-refractivity contribution in [1.29, 1.82) is 0 Å². The van der Waals surface area contributed by atoms with Crippen LogP contribution in [0.4, 0.5) is 18.9 Å². The predicted octanol–water partition coefficient (Wildman–Crippen LogP) is 4.69. The molecule has 0 saturated heterocycles. The van der Waals surface area contributed by atoms with Crippen molar-refractivity contribution in [3.63, 3.8) is 0 Å². The molecule has 0 unspecified atom stereocenters. The monoisotopic (exact) mass is 690 g/mol. The summed E-state index contributed by atoms with van der Waals surface area (Å²) in [7, 11) is -2.72. The van der Waals surface area contributed by atoms with Crippen molar-refractivity contribution in [3.8, 4) is 5.75 Å². The van der Waals surface area contributed by atoms with Crippen LogP contribution in [0.3, 0.4) is 0 Å². The van der Waals surface area contributed by atoms with Gasteiger partial charge in [-0.2, -0.15) is 13.2 Å². The summed E-state index contributed by atoms with van der Waals surface area (Å²) in [5.74, 6) is -1.34. The Hall–Kier alpha value is -3.37. The molecule has 2 N–H and O–H groups in total. The van der Waals surface area contributed by atoms with E-state index in [0.29, 0.717) is 25.9 Å². The molecule has 2 aromatic rings. The molecule has 12 nitrogen and oxygen atoms in total. The zero-order valence-corrected chi connectivity index (χ0v) is 28.4. The summed E-state index contributed by atoms with van der Waals surface area (Å²) < 4.78 is 84.5. The molecule has 1 aliphatic heterocycles. The smallest absolute Gasteiger partial charge is 0.389 e. The first-order valence-electron chi connectivity index (χ1n) is 15.5.